The molecule has 158 valence electrons. The topological polar surface area (TPSA) is 86.3 Å². The van der Waals surface area contributed by atoms with Gasteiger partial charge >= 0.3 is 5.63 Å². The maximum absolute atomic E-state index is 12.9. The molecule has 3 heterocycles. The number of benzene rings is 2. The van der Waals surface area contributed by atoms with Crippen molar-refractivity contribution in [1.29, 1.82) is 5.26 Å². The normalized spacial score (nSPS) is 13.5. The van der Waals surface area contributed by atoms with E-state index >= 15 is 0 Å². The number of nitrogens with zero attached hydrogens (tertiary/aromatic N) is 2. The van der Waals surface area contributed by atoms with Crippen molar-refractivity contribution in [1.82, 2.24) is 4.90 Å². The minimum Gasteiger partial charge on any atom is -0.422 e. The molecule has 7 heteroatoms. The average Bonchev–Trinajstić information content (AvgIpc) is 3.15. The maximum Gasteiger partial charge on any atom is 0.349 e. The quantitative estimate of drug-likeness (QED) is 0.470. The molecule has 0 fully saturated rings. The van der Waals surface area contributed by atoms with Gasteiger partial charge in [0.25, 0.3) is 5.91 Å². The van der Waals surface area contributed by atoms with Crippen molar-refractivity contribution in [3.63, 3.8) is 0 Å². The molecule has 0 saturated heterocycles. The third-order valence-corrected chi connectivity index (χ3v) is 6.74. The first-order valence-corrected chi connectivity index (χ1v) is 11.1. The van der Waals surface area contributed by atoms with Gasteiger partial charge in [0.2, 0.25) is 0 Å². The lowest BCUT2D eigenvalue weighted by molar-refractivity contribution is 0.102. The van der Waals surface area contributed by atoms with Crippen molar-refractivity contribution in [3.05, 3.63) is 98.2 Å². The number of rotatable bonds is 4. The van der Waals surface area contributed by atoms with Crippen molar-refractivity contribution in [3.8, 4) is 6.07 Å². The summed E-state index contributed by atoms with van der Waals surface area (Å²) in [6.45, 7) is 2.40. The molecule has 1 N–H and O–H groups in total. The molecule has 4 aromatic rings. The molecule has 0 atom stereocenters. The smallest absolute Gasteiger partial charge is 0.349 e. The highest BCUT2D eigenvalue weighted by Crippen LogP contribution is 2.37. The molecule has 0 unspecified atom stereocenters. The molecule has 32 heavy (non-hydrogen) atoms. The molecule has 0 aliphatic carbocycles. The Morgan fingerprint density at radius 3 is 2.75 bits per heavy atom. The Bertz CT molecular complexity index is 1420. The minimum absolute atomic E-state index is 0.0790. The van der Waals surface area contributed by atoms with Crippen LogP contribution in [-0.2, 0) is 19.5 Å². The van der Waals surface area contributed by atoms with Crippen molar-refractivity contribution in [2.24, 2.45) is 0 Å². The van der Waals surface area contributed by atoms with Crippen LogP contribution in [0.25, 0.3) is 11.0 Å². The standard InChI is InChI=1S/C25H19N3O3S/c26-13-20-18-10-11-28(14-16-6-2-1-3-7-16)15-22(18)32-24(20)27-23(29)19-12-17-8-4-5-9-21(17)31-25(19)30/h1-9,12H,10-11,14-15H2,(H,27,29). The average molecular weight is 442 g/mol. The number of hydrogen-bond donors (Lipinski definition) is 1. The molecule has 2 aromatic carbocycles. The summed E-state index contributed by atoms with van der Waals surface area (Å²) in [4.78, 5) is 28.6. The van der Waals surface area contributed by atoms with Crippen LogP contribution in [0.3, 0.4) is 0 Å². The Labute approximate surface area is 188 Å². The fourth-order valence-electron chi connectivity index (χ4n) is 4.03. The summed E-state index contributed by atoms with van der Waals surface area (Å²) in [5.41, 5.74) is 2.37. The highest BCUT2D eigenvalue weighted by molar-refractivity contribution is 7.16. The molecule has 1 amide bonds. The number of para-hydroxylation sites is 1. The van der Waals surface area contributed by atoms with Gasteiger partial charge in [-0.3, -0.25) is 9.69 Å². The van der Waals surface area contributed by atoms with Crippen molar-refractivity contribution in [2.75, 3.05) is 11.9 Å². The summed E-state index contributed by atoms with van der Waals surface area (Å²) < 4.78 is 5.28. The SMILES string of the molecule is N#Cc1c(NC(=O)c2cc3ccccc3oc2=O)sc2c1CCN(Cc1ccccc1)C2. The summed E-state index contributed by atoms with van der Waals surface area (Å²) in [5, 5.41) is 13.7. The van der Waals surface area contributed by atoms with Crippen molar-refractivity contribution < 1.29 is 9.21 Å². The van der Waals surface area contributed by atoms with E-state index in [1.54, 1.807) is 18.2 Å². The van der Waals surface area contributed by atoms with Gasteiger partial charge in [0.05, 0.1) is 5.56 Å². The number of nitriles is 1. The third-order valence-electron chi connectivity index (χ3n) is 5.61. The van der Waals surface area contributed by atoms with Gasteiger partial charge in [0.15, 0.2) is 0 Å². The number of anilines is 1. The number of carbonyl (C=O) groups is 1. The van der Waals surface area contributed by atoms with E-state index in [0.29, 0.717) is 21.5 Å². The van der Waals surface area contributed by atoms with Gasteiger partial charge in [-0.15, -0.1) is 11.3 Å². The van der Waals surface area contributed by atoms with Gasteiger partial charge in [0.1, 0.15) is 22.2 Å². The molecule has 1 aliphatic rings. The molecule has 0 spiro atoms. The Morgan fingerprint density at radius 1 is 1.16 bits per heavy atom. The number of fused-ring (bicyclic) bond motifs is 2. The van der Waals surface area contributed by atoms with Crippen molar-refractivity contribution >= 4 is 33.2 Å². The van der Waals surface area contributed by atoms with Gasteiger partial charge in [-0.1, -0.05) is 48.5 Å². The van der Waals surface area contributed by atoms with E-state index in [-0.39, 0.29) is 5.56 Å². The second-order valence-electron chi connectivity index (χ2n) is 7.71. The molecular formula is C25H19N3O3S. The van der Waals surface area contributed by atoms with Crippen LogP contribution >= 0.6 is 11.3 Å². The van der Waals surface area contributed by atoms with Crippen LogP contribution in [-0.4, -0.2) is 17.4 Å². The predicted molar refractivity (Wildman–Crippen MR) is 124 cm³/mol. The van der Waals surface area contributed by atoms with Crippen LogP contribution in [0, 0.1) is 11.3 Å². The lowest BCUT2D eigenvalue weighted by Gasteiger charge is -2.26. The number of amides is 1. The van der Waals surface area contributed by atoms with E-state index in [4.69, 9.17) is 4.42 Å². The third kappa shape index (κ3) is 3.82. The van der Waals surface area contributed by atoms with Crippen LogP contribution in [0.15, 0.2) is 69.9 Å². The van der Waals surface area contributed by atoms with Gasteiger partial charge in [0, 0.05) is 29.9 Å². The van der Waals surface area contributed by atoms with E-state index in [0.717, 1.165) is 36.5 Å². The maximum atomic E-state index is 12.9. The predicted octanol–water partition coefficient (Wildman–Crippen LogP) is 4.54. The Kier molecular flexibility index (Phi) is 5.31. The first-order chi connectivity index (χ1) is 15.6. The molecular weight excluding hydrogens is 422 g/mol. The van der Waals surface area contributed by atoms with Crippen LogP contribution < -0.4 is 10.9 Å². The highest BCUT2D eigenvalue weighted by atomic mass is 32.1. The van der Waals surface area contributed by atoms with Crippen LogP contribution in [0.4, 0.5) is 5.00 Å². The second kappa shape index (κ2) is 8.42. The van der Waals surface area contributed by atoms with E-state index in [9.17, 15) is 14.9 Å². The van der Waals surface area contributed by atoms with E-state index in [2.05, 4.69) is 28.4 Å². The van der Waals surface area contributed by atoms with Crippen LogP contribution in [0.5, 0.6) is 0 Å². The summed E-state index contributed by atoms with van der Waals surface area (Å²) in [6.07, 6.45) is 0.746. The zero-order chi connectivity index (χ0) is 22.1. The number of thiophene rings is 1. The molecule has 6 nitrogen and oxygen atoms in total. The minimum atomic E-state index is -0.699. The fourth-order valence-corrected chi connectivity index (χ4v) is 5.27. The summed E-state index contributed by atoms with van der Waals surface area (Å²) >= 11 is 1.40. The van der Waals surface area contributed by atoms with E-state index in [1.807, 2.05) is 24.3 Å². The zero-order valence-corrected chi connectivity index (χ0v) is 17.9. The lowest BCUT2D eigenvalue weighted by Crippen LogP contribution is -2.29. The van der Waals surface area contributed by atoms with Crippen molar-refractivity contribution in [2.45, 2.75) is 19.5 Å². The van der Waals surface area contributed by atoms with Gasteiger partial charge in [-0.2, -0.15) is 5.26 Å². The number of hydrogen-bond acceptors (Lipinski definition) is 6. The van der Waals surface area contributed by atoms with E-state index in [1.165, 1.54) is 23.0 Å². The summed E-state index contributed by atoms with van der Waals surface area (Å²) in [7, 11) is 0. The fraction of sp³-hybridized carbons (Fsp3) is 0.160. The monoisotopic (exact) mass is 441 g/mol. The zero-order valence-electron chi connectivity index (χ0n) is 17.1. The first kappa shape index (κ1) is 20.2. The summed E-state index contributed by atoms with van der Waals surface area (Å²) in [5.74, 6) is -0.569. The summed E-state index contributed by atoms with van der Waals surface area (Å²) in [6, 6.07) is 21.1. The number of nitrogens with one attached hydrogen (secondary N) is 1. The Morgan fingerprint density at radius 2 is 1.94 bits per heavy atom. The highest BCUT2D eigenvalue weighted by Gasteiger charge is 2.26. The molecule has 0 saturated carbocycles. The molecule has 0 radical (unpaired) electrons. The molecule has 5 rings (SSSR count). The van der Waals surface area contributed by atoms with Crippen LogP contribution in [0.2, 0.25) is 0 Å². The molecule has 0 bridgehead atoms. The first-order valence-electron chi connectivity index (χ1n) is 10.3. The van der Waals surface area contributed by atoms with E-state index < -0.39 is 11.5 Å². The molecule has 1 aliphatic heterocycles. The van der Waals surface area contributed by atoms with Gasteiger partial charge in [-0.25, -0.2) is 4.79 Å². The van der Waals surface area contributed by atoms with Gasteiger partial charge in [-0.05, 0) is 29.7 Å². The lowest BCUT2D eigenvalue weighted by atomic mass is 10.0. The Balaban J connectivity index is 1.40. The van der Waals surface area contributed by atoms with Gasteiger partial charge < -0.3 is 9.73 Å². The largest absolute Gasteiger partial charge is 0.422 e. The number of carbonyl (C=O) groups excluding carboxylic acids is 1. The second-order valence-corrected chi connectivity index (χ2v) is 8.81. The Hall–Kier alpha value is -3.73. The molecule has 2 aromatic heterocycles. The van der Waals surface area contributed by atoms with Crippen LogP contribution in [0.1, 0.15) is 31.9 Å².